The summed E-state index contributed by atoms with van der Waals surface area (Å²) in [7, 11) is 3.93. The number of benzene rings is 1. The number of amides is 1. The fraction of sp³-hybridized carbons (Fsp3) is 0.609. The summed E-state index contributed by atoms with van der Waals surface area (Å²) in [6.07, 6.45) is 1.79. The molecule has 0 spiro atoms. The summed E-state index contributed by atoms with van der Waals surface area (Å²) in [5.74, 6) is 0.611. The number of rotatable bonds is 6. The van der Waals surface area contributed by atoms with E-state index in [0.29, 0.717) is 49.2 Å². The predicted molar refractivity (Wildman–Crippen MR) is 122 cm³/mol. The fourth-order valence-corrected chi connectivity index (χ4v) is 3.59. The van der Waals surface area contributed by atoms with Gasteiger partial charge >= 0.3 is 6.09 Å². The molecular weight excluding hydrogens is 412 g/mol. The Morgan fingerprint density at radius 1 is 1.25 bits per heavy atom. The van der Waals surface area contributed by atoms with Crippen LogP contribution in [0.5, 0.6) is 5.75 Å². The molecule has 176 valence electrons. The second-order valence-corrected chi connectivity index (χ2v) is 9.70. The number of aromatic nitrogens is 2. The molecule has 0 radical (unpaired) electrons. The van der Waals surface area contributed by atoms with Crippen LogP contribution in [0.4, 0.5) is 4.79 Å². The Balaban J connectivity index is 1.69. The normalized spacial score (nSPS) is 16.4. The summed E-state index contributed by atoms with van der Waals surface area (Å²) < 4.78 is 12.6. The first-order chi connectivity index (χ1) is 15.0. The topological polar surface area (TPSA) is 97.1 Å². The second kappa shape index (κ2) is 9.46. The zero-order valence-electron chi connectivity index (χ0n) is 19.6. The quantitative estimate of drug-likeness (QED) is 0.726. The highest BCUT2D eigenvalue weighted by atomic mass is 16.6. The summed E-state index contributed by atoms with van der Waals surface area (Å²) in [6.45, 7) is 7.59. The highest BCUT2D eigenvalue weighted by Gasteiger charge is 2.36. The van der Waals surface area contributed by atoms with E-state index in [9.17, 15) is 14.7 Å². The number of carbonyl (C=O) groups is 1. The van der Waals surface area contributed by atoms with Crippen molar-refractivity contribution >= 4 is 17.0 Å². The van der Waals surface area contributed by atoms with Gasteiger partial charge in [0.2, 0.25) is 0 Å². The maximum Gasteiger partial charge on any atom is 0.410 e. The summed E-state index contributed by atoms with van der Waals surface area (Å²) in [6, 6.07) is 5.26. The molecule has 1 saturated heterocycles. The summed E-state index contributed by atoms with van der Waals surface area (Å²) >= 11 is 0. The Kier molecular flexibility index (Phi) is 7.09. The van der Waals surface area contributed by atoms with Crippen LogP contribution in [0.3, 0.4) is 0 Å². The molecule has 9 heteroatoms. The average Bonchev–Trinajstić information content (AvgIpc) is 2.69. The van der Waals surface area contributed by atoms with E-state index in [1.807, 2.05) is 39.8 Å². The van der Waals surface area contributed by atoms with Crippen LogP contribution >= 0.6 is 0 Å². The lowest BCUT2D eigenvalue weighted by molar-refractivity contribution is -0.0419. The van der Waals surface area contributed by atoms with Crippen LogP contribution in [-0.4, -0.2) is 82.1 Å². The molecule has 1 aliphatic rings. The van der Waals surface area contributed by atoms with Gasteiger partial charge in [-0.3, -0.25) is 9.36 Å². The van der Waals surface area contributed by atoms with Crippen LogP contribution in [0, 0.1) is 0 Å². The number of nitrogens with zero attached hydrogens (tertiary/aromatic N) is 4. The molecule has 9 nitrogen and oxygen atoms in total. The van der Waals surface area contributed by atoms with Gasteiger partial charge in [0.1, 0.15) is 18.0 Å². The van der Waals surface area contributed by atoms with Gasteiger partial charge in [-0.1, -0.05) is 0 Å². The highest BCUT2D eigenvalue weighted by Crippen LogP contribution is 2.25. The number of fused-ring (bicyclic) bond motifs is 1. The molecule has 0 aliphatic carbocycles. The molecule has 0 atom stereocenters. The number of hydrogen-bond acceptors (Lipinski definition) is 7. The second-order valence-electron chi connectivity index (χ2n) is 9.70. The molecule has 32 heavy (non-hydrogen) atoms. The van der Waals surface area contributed by atoms with E-state index in [4.69, 9.17) is 9.47 Å². The van der Waals surface area contributed by atoms with Crippen LogP contribution in [0.2, 0.25) is 0 Å². The van der Waals surface area contributed by atoms with Crippen LogP contribution in [0.15, 0.2) is 29.3 Å². The summed E-state index contributed by atoms with van der Waals surface area (Å²) in [5.41, 5.74) is -1.31. The minimum atomic E-state index is -1.10. The number of likely N-dealkylation sites (tertiary alicyclic amines) is 1. The molecule has 0 bridgehead atoms. The lowest BCUT2D eigenvalue weighted by Crippen LogP contribution is -2.50. The first-order valence-electron chi connectivity index (χ1n) is 10.9. The van der Waals surface area contributed by atoms with E-state index in [-0.39, 0.29) is 18.2 Å². The first kappa shape index (κ1) is 24.0. The lowest BCUT2D eigenvalue weighted by atomic mass is 9.91. The Labute approximate surface area is 188 Å². The first-order valence-corrected chi connectivity index (χ1v) is 10.9. The van der Waals surface area contributed by atoms with E-state index in [0.717, 1.165) is 6.54 Å². The summed E-state index contributed by atoms with van der Waals surface area (Å²) in [4.78, 5) is 33.3. The number of piperidine rings is 1. The van der Waals surface area contributed by atoms with E-state index < -0.39 is 11.2 Å². The number of carbonyl (C=O) groups excluding carboxylic acids is 1. The zero-order chi connectivity index (χ0) is 23.5. The molecule has 1 N–H and O–H groups in total. The van der Waals surface area contributed by atoms with Gasteiger partial charge in [-0.25, -0.2) is 9.78 Å². The van der Waals surface area contributed by atoms with Crippen LogP contribution in [0.25, 0.3) is 10.9 Å². The Hall–Kier alpha value is -2.65. The molecule has 1 aliphatic heterocycles. The monoisotopic (exact) mass is 446 g/mol. The van der Waals surface area contributed by atoms with Crippen LogP contribution in [0.1, 0.15) is 33.6 Å². The number of aliphatic hydroxyl groups is 1. The third kappa shape index (κ3) is 6.20. The van der Waals surface area contributed by atoms with Gasteiger partial charge in [-0.15, -0.1) is 0 Å². The maximum absolute atomic E-state index is 13.1. The standard InChI is InChI=1S/C23H34N4O5/c1-22(2,3)32-21(29)26-10-8-23(30,9-11-26)15-27-16-24-19-7-6-17(14-18(19)20(27)28)31-13-12-25(4)5/h6-7,14,16,30H,8-13,15H2,1-5H3. The molecule has 1 aromatic heterocycles. The van der Waals surface area contributed by atoms with Gasteiger partial charge in [0, 0.05) is 19.6 Å². The predicted octanol–water partition coefficient (Wildman–Crippen LogP) is 2.10. The van der Waals surface area contributed by atoms with Crippen molar-refractivity contribution < 1.29 is 19.4 Å². The number of ether oxygens (including phenoxy) is 2. The Morgan fingerprint density at radius 2 is 1.94 bits per heavy atom. The van der Waals surface area contributed by atoms with Crippen molar-refractivity contribution in [3.8, 4) is 5.75 Å². The van der Waals surface area contributed by atoms with Crippen molar-refractivity contribution in [2.24, 2.45) is 0 Å². The van der Waals surface area contributed by atoms with Crippen LogP contribution < -0.4 is 10.3 Å². The largest absolute Gasteiger partial charge is 0.492 e. The Bertz CT molecular complexity index is 1000. The van der Waals surface area contributed by atoms with E-state index in [1.165, 1.54) is 10.9 Å². The van der Waals surface area contributed by atoms with Gasteiger partial charge in [-0.2, -0.15) is 0 Å². The van der Waals surface area contributed by atoms with Crippen molar-refractivity contribution in [1.82, 2.24) is 19.4 Å². The smallest absolute Gasteiger partial charge is 0.410 e. The molecule has 0 unspecified atom stereocenters. The van der Waals surface area contributed by atoms with Crippen molar-refractivity contribution in [1.29, 1.82) is 0 Å². The molecule has 2 heterocycles. The number of hydrogen-bond donors (Lipinski definition) is 1. The van der Waals surface area contributed by atoms with Crippen molar-refractivity contribution in [3.63, 3.8) is 0 Å². The van der Waals surface area contributed by atoms with Crippen molar-refractivity contribution in [3.05, 3.63) is 34.9 Å². The van der Waals surface area contributed by atoms with Gasteiger partial charge < -0.3 is 24.4 Å². The molecule has 2 aromatic rings. The minimum absolute atomic E-state index is 0.114. The fourth-order valence-electron chi connectivity index (χ4n) is 3.59. The van der Waals surface area contributed by atoms with E-state index >= 15 is 0 Å². The van der Waals surface area contributed by atoms with E-state index in [1.54, 1.807) is 23.1 Å². The van der Waals surface area contributed by atoms with Crippen molar-refractivity contribution in [2.75, 3.05) is 40.3 Å². The van der Waals surface area contributed by atoms with Gasteiger partial charge in [0.25, 0.3) is 5.56 Å². The molecule has 3 rings (SSSR count). The minimum Gasteiger partial charge on any atom is -0.492 e. The average molecular weight is 447 g/mol. The SMILES string of the molecule is CN(C)CCOc1ccc2ncn(CC3(O)CCN(C(=O)OC(C)(C)C)CC3)c(=O)c2c1. The third-order valence-corrected chi connectivity index (χ3v) is 5.41. The van der Waals surface area contributed by atoms with Gasteiger partial charge in [0.15, 0.2) is 0 Å². The maximum atomic E-state index is 13.1. The Morgan fingerprint density at radius 3 is 2.56 bits per heavy atom. The molecular formula is C23H34N4O5. The van der Waals surface area contributed by atoms with Gasteiger partial charge in [0.05, 0.1) is 29.4 Å². The zero-order valence-corrected chi connectivity index (χ0v) is 19.6. The third-order valence-electron chi connectivity index (χ3n) is 5.41. The molecule has 1 amide bonds. The molecule has 1 aromatic carbocycles. The van der Waals surface area contributed by atoms with E-state index in [2.05, 4.69) is 4.98 Å². The van der Waals surface area contributed by atoms with Gasteiger partial charge in [-0.05, 0) is 65.9 Å². The number of likely N-dealkylation sites (N-methyl/N-ethyl adjacent to an activating group) is 1. The molecule has 1 fully saturated rings. The highest BCUT2D eigenvalue weighted by molar-refractivity contribution is 5.78. The molecule has 0 saturated carbocycles. The lowest BCUT2D eigenvalue weighted by Gasteiger charge is -2.38. The van der Waals surface area contributed by atoms with Crippen molar-refractivity contribution in [2.45, 2.75) is 51.4 Å². The summed E-state index contributed by atoms with van der Waals surface area (Å²) in [5, 5.41) is 11.5. The van der Waals surface area contributed by atoms with Crippen LogP contribution in [-0.2, 0) is 11.3 Å².